The van der Waals surface area contributed by atoms with Crippen LogP contribution >= 0.6 is 0 Å². The maximum Gasteiger partial charge on any atom is 0.273 e. The van der Waals surface area contributed by atoms with Gasteiger partial charge in [-0.1, -0.05) is 48.5 Å². The highest BCUT2D eigenvalue weighted by atomic mass is 16.3. The zero-order valence-corrected chi connectivity index (χ0v) is 18.0. The van der Waals surface area contributed by atoms with Crippen LogP contribution in [0.15, 0.2) is 59.5 Å². The Kier molecular flexibility index (Phi) is 5.63. The highest BCUT2D eigenvalue weighted by molar-refractivity contribution is 5.95. The lowest BCUT2D eigenvalue weighted by atomic mass is 9.83. The molecule has 0 fully saturated rings. The van der Waals surface area contributed by atoms with Gasteiger partial charge in [-0.15, -0.1) is 0 Å². The van der Waals surface area contributed by atoms with E-state index in [0.29, 0.717) is 0 Å². The first-order valence-electron chi connectivity index (χ1n) is 10.7. The summed E-state index contributed by atoms with van der Waals surface area (Å²) in [4.78, 5) is 25.1. The molecule has 0 saturated carbocycles. The van der Waals surface area contributed by atoms with Crippen molar-refractivity contribution in [2.45, 2.75) is 51.6 Å². The summed E-state index contributed by atoms with van der Waals surface area (Å²) in [5.41, 5.74) is 4.10. The molecule has 1 unspecified atom stereocenters. The van der Waals surface area contributed by atoms with Gasteiger partial charge in [0.1, 0.15) is 0 Å². The van der Waals surface area contributed by atoms with E-state index in [4.69, 9.17) is 0 Å². The molecule has 1 atom stereocenters. The minimum Gasteiger partial charge on any atom is -0.502 e. The Balaban J connectivity index is 1.91. The number of carbonyl (C=O) groups is 1. The molecule has 1 aromatic heterocycles. The third kappa shape index (κ3) is 3.85. The summed E-state index contributed by atoms with van der Waals surface area (Å²) in [6.45, 7) is 5.64. The van der Waals surface area contributed by atoms with Crippen molar-refractivity contribution in [3.05, 3.63) is 92.9 Å². The first-order valence-corrected chi connectivity index (χ1v) is 10.7. The molecule has 0 saturated heterocycles. The Morgan fingerprint density at radius 2 is 1.58 bits per heavy atom. The SMILES string of the molecule is CC(C)NC(=O)c1c(O)c(=O)cnn1C(C)C1c2ccccc2CCc2ccccc21. The second-order valence-electron chi connectivity index (χ2n) is 8.39. The van der Waals surface area contributed by atoms with E-state index in [1.54, 1.807) is 0 Å². The fourth-order valence-corrected chi connectivity index (χ4v) is 4.54. The Hall–Kier alpha value is -3.41. The van der Waals surface area contributed by atoms with Crippen LogP contribution < -0.4 is 10.7 Å². The predicted octanol–water partition coefficient (Wildman–Crippen LogP) is 3.58. The number of nitrogens with zero attached hydrogens (tertiary/aromatic N) is 2. The number of benzene rings is 2. The van der Waals surface area contributed by atoms with Gasteiger partial charge in [-0.25, -0.2) is 0 Å². The van der Waals surface area contributed by atoms with Crippen molar-refractivity contribution in [2.24, 2.45) is 0 Å². The topological polar surface area (TPSA) is 84.2 Å². The van der Waals surface area contributed by atoms with E-state index in [2.05, 4.69) is 34.7 Å². The average Bonchev–Trinajstić information content (AvgIpc) is 2.91. The van der Waals surface area contributed by atoms with Crippen molar-refractivity contribution >= 4 is 5.91 Å². The van der Waals surface area contributed by atoms with Crippen LogP contribution in [0.3, 0.4) is 0 Å². The van der Waals surface area contributed by atoms with Gasteiger partial charge in [0.2, 0.25) is 5.43 Å². The quantitative estimate of drug-likeness (QED) is 0.680. The minimum absolute atomic E-state index is 0.0881. The molecule has 1 aliphatic carbocycles. The summed E-state index contributed by atoms with van der Waals surface area (Å²) in [7, 11) is 0. The Labute approximate surface area is 181 Å². The lowest BCUT2D eigenvalue weighted by Crippen LogP contribution is -2.36. The molecule has 1 amide bonds. The molecule has 3 aromatic rings. The van der Waals surface area contributed by atoms with E-state index < -0.39 is 17.1 Å². The molecule has 1 aliphatic rings. The molecule has 160 valence electrons. The maximum absolute atomic E-state index is 12.9. The predicted molar refractivity (Wildman–Crippen MR) is 120 cm³/mol. The number of aromatic nitrogens is 2. The molecular weight excluding hydrogens is 390 g/mol. The van der Waals surface area contributed by atoms with E-state index >= 15 is 0 Å². The standard InChI is InChI=1S/C25H27N3O3/c1-15(2)27-25(31)23-24(30)21(29)14-26-28(23)16(3)22-19-10-6-4-8-17(19)12-13-18-9-5-7-11-20(18)22/h4-11,14-16,22,30H,12-13H2,1-3H3,(H,27,31). The van der Waals surface area contributed by atoms with Crippen molar-refractivity contribution in [2.75, 3.05) is 0 Å². The summed E-state index contributed by atoms with van der Waals surface area (Å²) in [6.07, 6.45) is 2.94. The van der Waals surface area contributed by atoms with Gasteiger partial charge in [0.05, 0.1) is 12.2 Å². The largest absolute Gasteiger partial charge is 0.502 e. The second-order valence-corrected chi connectivity index (χ2v) is 8.39. The van der Waals surface area contributed by atoms with Crippen LogP contribution in [0.25, 0.3) is 0 Å². The molecule has 4 rings (SSSR count). The van der Waals surface area contributed by atoms with Crippen LogP contribution in [0.5, 0.6) is 5.75 Å². The van der Waals surface area contributed by atoms with Gasteiger partial charge < -0.3 is 10.4 Å². The third-order valence-electron chi connectivity index (χ3n) is 5.93. The number of nitrogens with one attached hydrogen (secondary N) is 1. The van der Waals surface area contributed by atoms with Crippen molar-refractivity contribution in [3.63, 3.8) is 0 Å². The lowest BCUT2D eigenvalue weighted by molar-refractivity contribution is 0.0923. The number of hydrogen-bond donors (Lipinski definition) is 2. The first-order chi connectivity index (χ1) is 14.9. The number of hydrogen-bond acceptors (Lipinski definition) is 4. The summed E-state index contributed by atoms with van der Waals surface area (Å²) in [6, 6.07) is 16.2. The highest BCUT2D eigenvalue weighted by Crippen LogP contribution is 2.41. The average molecular weight is 418 g/mol. The summed E-state index contributed by atoms with van der Waals surface area (Å²) in [5, 5.41) is 17.6. The fraction of sp³-hybridized carbons (Fsp3) is 0.320. The zero-order chi connectivity index (χ0) is 22.1. The van der Waals surface area contributed by atoms with Gasteiger partial charge in [-0.3, -0.25) is 14.3 Å². The zero-order valence-electron chi connectivity index (χ0n) is 18.0. The van der Waals surface area contributed by atoms with Crippen LogP contribution in [0.1, 0.15) is 65.5 Å². The van der Waals surface area contributed by atoms with Crippen LogP contribution in [0.2, 0.25) is 0 Å². The van der Waals surface area contributed by atoms with Crippen LogP contribution in [0.4, 0.5) is 0 Å². The van der Waals surface area contributed by atoms with E-state index in [-0.39, 0.29) is 23.7 Å². The Morgan fingerprint density at radius 1 is 1.03 bits per heavy atom. The third-order valence-corrected chi connectivity index (χ3v) is 5.93. The monoisotopic (exact) mass is 417 g/mol. The van der Waals surface area contributed by atoms with Crippen LogP contribution in [-0.2, 0) is 12.8 Å². The number of fused-ring (bicyclic) bond motifs is 2. The number of amides is 1. The van der Waals surface area contributed by atoms with Crippen molar-refractivity contribution < 1.29 is 9.90 Å². The Bertz CT molecular complexity index is 1140. The molecule has 6 nitrogen and oxygen atoms in total. The van der Waals surface area contributed by atoms with Gasteiger partial charge in [-0.05, 0) is 55.9 Å². The van der Waals surface area contributed by atoms with Gasteiger partial charge in [0.25, 0.3) is 5.91 Å². The van der Waals surface area contributed by atoms with Gasteiger partial charge in [0, 0.05) is 12.0 Å². The van der Waals surface area contributed by atoms with E-state index in [9.17, 15) is 14.7 Å². The summed E-state index contributed by atoms with van der Waals surface area (Å²) < 4.78 is 1.50. The van der Waals surface area contributed by atoms with Gasteiger partial charge >= 0.3 is 0 Å². The van der Waals surface area contributed by atoms with E-state index in [1.807, 2.05) is 45.0 Å². The summed E-state index contributed by atoms with van der Waals surface area (Å²) >= 11 is 0. The highest BCUT2D eigenvalue weighted by Gasteiger charge is 2.32. The maximum atomic E-state index is 12.9. The molecule has 2 aromatic carbocycles. The van der Waals surface area contributed by atoms with E-state index in [1.165, 1.54) is 26.9 Å². The fourth-order valence-electron chi connectivity index (χ4n) is 4.54. The van der Waals surface area contributed by atoms with Crippen molar-refractivity contribution in [3.8, 4) is 5.75 Å². The Morgan fingerprint density at radius 3 is 2.13 bits per heavy atom. The van der Waals surface area contributed by atoms with Crippen LogP contribution in [0, 0.1) is 0 Å². The lowest BCUT2D eigenvalue weighted by Gasteiger charge is -2.29. The number of aromatic hydroxyl groups is 1. The molecule has 0 radical (unpaired) electrons. The molecule has 2 N–H and O–H groups in total. The molecule has 6 heteroatoms. The number of aryl methyl sites for hydroxylation is 2. The van der Waals surface area contributed by atoms with Crippen LogP contribution in [-0.4, -0.2) is 26.8 Å². The molecule has 1 heterocycles. The van der Waals surface area contributed by atoms with Gasteiger partial charge in [-0.2, -0.15) is 5.10 Å². The molecule has 0 aliphatic heterocycles. The van der Waals surface area contributed by atoms with Crippen molar-refractivity contribution in [1.82, 2.24) is 15.1 Å². The number of rotatable bonds is 4. The molecule has 0 bridgehead atoms. The van der Waals surface area contributed by atoms with Gasteiger partial charge in [0.15, 0.2) is 11.4 Å². The smallest absolute Gasteiger partial charge is 0.273 e. The first kappa shape index (κ1) is 20.8. The van der Waals surface area contributed by atoms with Crippen molar-refractivity contribution in [1.29, 1.82) is 0 Å². The second kappa shape index (κ2) is 8.38. The summed E-state index contributed by atoms with van der Waals surface area (Å²) in [5.74, 6) is -1.18. The number of carbonyl (C=O) groups excluding carboxylic acids is 1. The molecular formula is C25H27N3O3. The normalized spacial score (nSPS) is 14.5. The molecule has 31 heavy (non-hydrogen) atoms. The minimum atomic E-state index is -0.668. The molecule has 0 spiro atoms. The van der Waals surface area contributed by atoms with E-state index in [0.717, 1.165) is 19.0 Å².